The third-order valence-corrected chi connectivity index (χ3v) is 7.13. The van der Waals surface area contributed by atoms with Gasteiger partial charge in [0, 0.05) is 37.5 Å². The van der Waals surface area contributed by atoms with E-state index < -0.39 is 5.92 Å². The second-order valence-electron chi connectivity index (χ2n) is 7.80. The minimum atomic E-state index is -0.429. The summed E-state index contributed by atoms with van der Waals surface area (Å²) < 4.78 is 0. The second-order valence-corrected chi connectivity index (χ2v) is 9.77. The molecule has 1 N–H and O–H groups in total. The molecule has 1 aromatic carbocycles. The number of imide groups is 1. The Labute approximate surface area is 194 Å². The fourth-order valence-corrected chi connectivity index (χ4v) is 5.23. The van der Waals surface area contributed by atoms with Crippen LogP contribution in [0, 0.1) is 12.8 Å². The lowest BCUT2D eigenvalue weighted by Crippen LogP contribution is -2.40. The summed E-state index contributed by atoms with van der Waals surface area (Å²) in [5, 5.41) is 4.34. The molecule has 0 spiro atoms. The van der Waals surface area contributed by atoms with Gasteiger partial charge in [-0.2, -0.15) is 0 Å². The molecule has 32 heavy (non-hydrogen) atoms. The average Bonchev–Trinajstić information content (AvgIpc) is 3.47. The molecule has 4 rings (SSSR count). The van der Waals surface area contributed by atoms with Gasteiger partial charge in [0.05, 0.1) is 10.8 Å². The van der Waals surface area contributed by atoms with E-state index in [1.54, 1.807) is 11.0 Å². The Morgan fingerprint density at radius 1 is 1.19 bits per heavy atom. The van der Waals surface area contributed by atoms with Gasteiger partial charge in [-0.3, -0.25) is 24.1 Å². The molecule has 166 valence electrons. The van der Waals surface area contributed by atoms with E-state index in [-0.39, 0.29) is 42.5 Å². The Kier molecular flexibility index (Phi) is 6.76. The maximum atomic E-state index is 12.6. The Morgan fingerprint density at radius 3 is 2.69 bits per heavy atom. The van der Waals surface area contributed by atoms with Crippen LogP contribution in [-0.2, 0) is 20.9 Å². The molecular formula is C23H23N3O4S2. The van der Waals surface area contributed by atoms with Crippen molar-refractivity contribution in [2.24, 2.45) is 5.92 Å². The quantitative estimate of drug-likeness (QED) is 0.629. The van der Waals surface area contributed by atoms with Crippen LogP contribution >= 0.6 is 23.1 Å². The number of thiophene rings is 1. The first kappa shape index (κ1) is 22.3. The van der Waals surface area contributed by atoms with Crippen molar-refractivity contribution in [3.8, 4) is 0 Å². The molecule has 7 nitrogen and oxygen atoms in total. The Balaban J connectivity index is 1.26. The molecule has 0 aliphatic carbocycles. The number of carbonyl (C=O) groups is 4. The summed E-state index contributed by atoms with van der Waals surface area (Å²) in [7, 11) is 0. The number of likely N-dealkylation sites (tertiary alicyclic amines) is 1. The molecule has 1 aromatic heterocycles. The summed E-state index contributed by atoms with van der Waals surface area (Å²) in [6.07, 6.45) is 1.88. The van der Waals surface area contributed by atoms with Crippen LogP contribution in [0.15, 0.2) is 46.7 Å². The largest absolute Gasteiger partial charge is 0.354 e. The SMILES string of the molecule is Cc1ccc(CN2CC(C(=O)NCCN3C(=O)S/C(=C/c4cccs4)C3=O)CC2=O)cc1. The third-order valence-electron chi connectivity index (χ3n) is 5.40. The summed E-state index contributed by atoms with van der Waals surface area (Å²) in [6, 6.07) is 11.7. The van der Waals surface area contributed by atoms with Crippen molar-refractivity contribution in [3.05, 3.63) is 62.7 Å². The fourth-order valence-electron chi connectivity index (χ4n) is 3.65. The van der Waals surface area contributed by atoms with Gasteiger partial charge in [-0.1, -0.05) is 35.9 Å². The van der Waals surface area contributed by atoms with E-state index in [1.165, 1.54) is 11.3 Å². The molecule has 0 bridgehead atoms. The summed E-state index contributed by atoms with van der Waals surface area (Å²) in [5.41, 5.74) is 2.18. The maximum absolute atomic E-state index is 12.6. The van der Waals surface area contributed by atoms with Crippen LogP contribution in [0.5, 0.6) is 0 Å². The molecule has 2 fully saturated rings. The average molecular weight is 470 g/mol. The molecule has 0 saturated carbocycles. The topological polar surface area (TPSA) is 86.8 Å². The lowest BCUT2D eigenvalue weighted by Gasteiger charge is -2.17. The number of thioether (sulfide) groups is 1. The van der Waals surface area contributed by atoms with E-state index in [2.05, 4.69) is 5.32 Å². The van der Waals surface area contributed by atoms with E-state index in [9.17, 15) is 19.2 Å². The molecule has 2 aliphatic rings. The van der Waals surface area contributed by atoms with Gasteiger partial charge in [0.1, 0.15) is 0 Å². The lowest BCUT2D eigenvalue weighted by molar-refractivity contribution is -0.129. The number of nitrogens with one attached hydrogen (secondary N) is 1. The molecule has 9 heteroatoms. The van der Waals surface area contributed by atoms with Crippen LogP contribution in [0.4, 0.5) is 4.79 Å². The Bertz CT molecular complexity index is 1060. The highest BCUT2D eigenvalue weighted by molar-refractivity contribution is 8.18. The van der Waals surface area contributed by atoms with Crippen LogP contribution in [0.1, 0.15) is 22.4 Å². The number of benzene rings is 1. The fraction of sp³-hybridized carbons (Fsp3) is 0.304. The van der Waals surface area contributed by atoms with E-state index in [0.29, 0.717) is 18.0 Å². The number of aryl methyl sites for hydroxylation is 1. The summed E-state index contributed by atoms with van der Waals surface area (Å²) in [4.78, 5) is 53.7. The molecule has 2 aromatic rings. The normalized spacial score (nSPS) is 20.0. The van der Waals surface area contributed by atoms with Crippen molar-refractivity contribution in [3.63, 3.8) is 0 Å². The summed E-state index contributed by atoms with van der Waals surface area (Å²) >= 11 is 2.40. The predicted octanol–water partition coefficient (Wildman–Crippen LogP) is 3.26. The molecule has 4 amide bonds. The minimum absolute atomic E-state index is 0.0459. The standard InChI is InChI=1S/C23H23N3O4S2/c1-15-4-6-16(7-5-15)13-25-14-17(11-20(25)27)21(28)24-8-9-26-22(29)19(32-23(26)30)12-18-3-2-10-31-18/h2-7,10,12,17H,8-9,11,13-14H2,1H3,(H,24,28)/b19-12+. The molecule has 1 atom stereocenters. The molecule has 3 heterocycles. The first-order valence-corrected chi connectivity index (χ1v) is 12.0. The summed E-state index contributed by atoms with van der Waals surface area (Å²) in [5.74, 6) is -1.05. The number of amides is 4. The molecule has 1 unspecified atom stereocenters. The van der Waals surface area contributed by atoms with Gasteiger partial charge in [-0.15, -0.1) is 11.3 Å². The zero-order valence-corrected chi connectivity index (χ0v) is 19.2. The van der Waals surface area contributed by atoms with Gasteiger partial charge in [-0.25, -0.2) is 0 Å². The van der Waals surface area contributed by atoms with Crippen molar-refractivity contribution < 1.29 is 19.2 Å². The van der Waals surface area contributed by atoms with Crippen molar-refractivity contribution in [2.75, 3.05) is 19.6 Å². The first-order valence-electron chi connectivity index (χ1n) is 10.3. The van der Waals surface area contributed by atoms with Crippen molar-refractivity contribution in [1.29, 1.82) is 0 Å². The maximum Gasteiger partial charge on any atom is 0.293 e. The number of carbonyl (C=O) groups excluding carboxylic acids is 4. The van der Waals surface area contributed by atoms with Crippen LogP contribution in [0.3, 0.4) is 0 Å². The first-order chi connectivity index (χ1) is 15.4. The number of hydrogen-bond acceptors (Lipinski definition) is 6. The van der Waals surface area contributed by atoms with E-state index >= 15 is 0 Å². The van der Waals surface area contributed by atoms with Gasteiger partial charge in [0.2, 0.25) is 11.8 Å². The second kappa shape index (κ2) is 9.70. The molecule has 0 radical (unpaired) electrons. The summed E-state index contributed by atoms with van der Waals surface area (Å²) in [6.45, 7) is 3.12. The highest BCUT2D eigenvalue weighted by Crippen LogP contribution is 2.32. The predicted molar refractivity (Wildman–Crippen MR) is 125 cm³/mol. The van der Waals surface area contributed by atoms with Crippen molar-refractivity contribution in [2.45, 2.75) is 19.9 Å². The number of nitrogens with zero attached hydrogens (tertiary/aromatic N) is 2. The number of hydrogen-bond donors (Lipinski definition) is 1. The molecule has 2 aliphatic heterocycles. The Morgan fingerprint density at radius 2 is 1.97 bits per heavy atom. The van der Waals surface area contributed by atoms with Crippen LogP contribution in [-0.4, -0.2) is 52.4 Å². The highest BCUT2D eigenvalue weighted by atomic mass is 32.2. The van der Waals surface area contributed by atoms with Gasteiger partial charge in [0.25, 0.3) is 11.1 Å². The minimum Gasteiger partial charge on any atom is -0.354 e. The third kappa shape index (κ3) is 5.11. The Hall–Kier alpha value is -2.91. The monoisotopic (exact) mass is 469 g/mol. The zero-order chi connectivity index (χ0) is 22.7. The molecule has 2 saturated heterocycles. The van der Waals surface area contributed by atoms with Gasteiger partial charge >= 0.3 is 0 Å². The van der Waals surface area contributed by atoms with Crippen LogP contribution in [0.25, 0.3) is 6.08 Å². The van der Waals surface area contributed by atoms with Gasteiger partial charge in [0.15, 0.2) is 0 Å². The smallest absolute Gasteiger partial charge is 0.293 e. The van der Waals surface area contributed by atoms with Crippen LogP contribution < -0.4 is 5.32 Å². The van der Waals surface area contributed by atoms with E-state index in [0.717, 1.165) is 32.7 Å². The van der Waals surface area contributed by atoms with Gasteiger partial charge in [-0.05, 0) is 41.8 Å². The van der Waals surface area contributed by atoms with Crippen LogP contribution in [0.2, 0.25) is 0 Å². The molecular weight excluding hydrogens is 446 g/mol. The van der Waals surface area contributed by atoms with Crippen molar-refractivity contribution in [1.82, 2.24) is 15.1 Å². The number of rotatable bonds is 7. The van der Waals surface area contributed by atoms with E-state index in [1.807, 2.05) is 48.7 Å². The van der Waals surface area contributed by atoms with E-state index in [4.69, 9.17) is 0 Å². The lowest BCUT2D eigenvalue weighted by atomic mass is 10.1. The highest BCUT2D eigenvalue weighted by Gasteiger charge is 2.36. The van der Waals surface area contributed by atoms with Crippen molar-refractivity contribution >= 4 is 52.1 Å². The van der Waals surface area contributed by atoms with Gasteiger partial charge < -0.3 is 10.2 Å². The zero-order valence-electron chi connectivity index (χ0n) is 17.6.